The van der Waals surface area contributed by atoms with Gasteiger partial charge >= 0.3 is 5.97 Å². The predicted molar refractivity (Wildman–Crippen MR) is 81.6 cm³/mol. The fourth-order valence-electron chi connectivity index (χ4n) is 1.52. The molecule has 21 heavy (non-hydrogen) atoms. The zero-order valence-electron chi connectivity index (χ0n) is 10.2. The Morgan fingerprint density at radius 1 is 1.24 bits per heavy atom. The van der Waals surface area contributed by atoms with E-state index in [-0.39, 0.29) is 16.9 Å². The maximum absolute atomic E-state index is 12.0. The summed E-state index contributed by atoms with van der Waals surface area (Å²) in [7, 11) is 0. The minimum Gasteiger partial charge on any atom is -0.478 e. The zero-order valence-corrected chi connectivity index (χ0v) is 13.4. The lowest BCUT2D eigenvalue weighted by molar-refractivity contribution is 0.0698. The second-order valence-corrected chi connectivity index (χ2v) is 5.65. The van der Waals surface area contributed by atoms with Crippen molar-refractivity contribution in [1.82, 2.24) is 10.2 Å². The number of rotatable bonds is 3. The van der Waals surface area contributed by atoms with Gasteiger partial charge < -0.3 is 10.4 Å². The SMILES string of the molecule is O=C(Nc1c(Br)cc(Br)cc1C(=O)O)c1ccc(=O)[nH]n1. The first-order valence-corrected chi connectivity index (χ1v) is 7.06. The van der Waals surface area contributed by atoms with Gasteiger partial charge in [0, 0.05) is 15.0 Å². The van der Waals surface area contributed by atoms with Crippen LogP contribution in [0.3, 0.4) is 0 Å². The number of H-pyrrole nitrogens is 1. The molecule has 1 heterocycles. The minimum absolute atomic E-state index is 0.0410. The van der Waals surface area contributed by atoms with Crippen LogP contribution in [0.5, 0.6) is 0 Å². The van der Waals surface area contributed by atoms with Crippen molar-refractivity contribution in [1.29, 1.82) is 0 Å². The molecule has 0 aliphatic carbocycles. The lowest BCUT2D eigenvalue weighted by Gasteiger charge is -2.11. The second kappa shape index (κ2) is 6.19. The van der Waals surface area contributed by atoms with Crippen molar-refractivity contribution in [3.05, 3.63) is 54.8 Å². The highest BCUT2D eigenvalue weighted by Gasteiger charge is 2.18. The first kappa shape index (κ1) is 15.4. The summed E-state index contributed by atoms with van der Waals surface area (Å²) < 4.78 is 0.944. The summed E-state index contributed by atoms with van der Waals surface area (Å²) in [5.74, 6) is -1.83. The molecule has 2 rings (SSSR count). The van der Waals surface area contributed by atoms with Crippen LogP contribution in [0.15, 0.2) is 38.0 Å². The van der Waals surface area contributed by atoms with Crippen molar-refractivity contribution in [3.63, 3.8) is 0 Å². The molecule has 3 N–H and O–H groups in total. The fourth-order valence-corrected chi connectivity index (χ4v) is 2.84. The van der Waals surface area contributed by atoms with E-state index in [9.17, 15) is 19.5 Å². The van der Waals surface area contributed by atoms with Crippen LogP contribution < -0.4 is 10.9 Å². The second-order valence-electron chi connectivity index (χ2n) is 3.88. The van der Waals surface area contributed by atoms with E-state index in [1.807, 2.05) is 0 Å². The van der Waals surface area contributed by atoms with Crippen LogP contribution in [-0.2, 0) is 0 Å². The molecule has 108 valence electrons. The van der Waals surface area contributed by atoms with Gasteiger partial charge in [0.25, 0.3) is 11.5 Å². The number of carbonyl (C=O) groups excluding carboxylic acids is 1. The molecule has 1 amide bonds. The summed E-state index contributed by atoms with van der Waals surface area (Å²) in [6, 6.07) is 5.35. The van der Waals surface area contributed by atoms with E-state index < -0.39 is 17.4 Å². The van der Waals surface area contributed by atoms with Crippen LogP contribution in [0.4, 0.5) is 5.69 Å². The molecule has 9 heteroatoms. The molecular weight excluding hydrogens is 410 g/mol. The normalized spacial score (nSPS) is 10.2. The molecule has 7 nitrogen and oxygen atoms in total. The van der Waals surface area contributed by atoms with Gasteiger partial charge in [0.1, 0.15) is 5.69 Å². The number of carboxylic acids is 1. The Kier molecular flexibility index (Phi) is 4.53. The number of aromatic carboxylic acids is 1. The average molecular weight is 417 g/mol. The van der Waals surface area contributed by atoms with E-state index >= 15 is 0 Å². The molecule has 0 spiro atoms. The van der Waals surface area contributed by atoms with Crippen molar-refractivity contribution in [3.8, 4) is 0 Å². The number of anilines is 1. The number of nitrogens with zero attached hydrogens (tertiary/aromatic N) is 1. The Morgan fingerprint density at radius 3 is 2.52 bits per heavy atom. The zero-order chi connectivity index (χ0) is 15.6. The number of carboxylic acid groups (broad SMARTS) is 1. The lowest BCUT2D eigenvalue weighted by atomic mass is 10.1. The highest BCUT2D eigenvalue weighted by molar-refractivity contribution is 9.11. The van der Waals surface area contributed by atoms with Crippen molar-refractivity contribution >= 4 is 49.4 Å². The van der Waals surface area contributed by atoms with E-state index in [2.05, 4.69) is 47.4 Å². The van der Waals surface area contributed by atoms with Crippen LogP contribution in [0.2, 0.25) is 0 Å². The van der Waals surface area contributed by atoms with E-state index in [0.717, 1.165) is 6.07 Å². The number of aromatic nitrogens is 2. The number of carbonyl (C=O) groups is 2. The van der Waals surface area contributed by atoms with Gasteiger partial charge in [-0.25, -0.2) is 9.89 Å². The van der Waals surface area contributed by atoms with Crippen LogP contribution in [0.25, 0.3) is 0 Å². The van der Waals surface area contributed by atoms with Crippen LogP contribution in [0.1, 0.15) is 20.8 Å². The molecule has 0 aliphatic rings. The highest BCUT2D eigenvalue weighted by Crippen LogP contribution is 2.31. The predicted octanol–water partition coefficient (Wildman–Crippen LogP) is 2.25. The Bertz CT molecular complexity index is 768. The lowest BCUT2D eigenvalue weighted by Crippen LogP contribution is -2.19. The van der Waals surface area contributed by atoms with Crippen molar-refractivity contribution in [2.45, 2.75) is 0 Å². The van der Waals surface area contributed by atoms with Gasteiger partial charge in [0.2, 0.25) is 0 Å². The molecule has 0 atom stereocenters. The molecule has 0 fully saturated rings. The highest BCUT2D eigenvalue weighted by atomic mass is 79.9. The van der Waals surface area contributed by atoms with Crippen molar-refractivity contribution < 1.29 is 14.7 Å². The third-order valence-corrected chi connectivity index (χ3v) is 3.52. The van der Waals surface area contributed by atoms with E-state index in [4.69, 9.17) is 0 Å². The molecule has 0 saturated carbocycles. The molecule has 0 bridgehead atoms. The number of aromatic amines is 1. The number of halogens is 2. The molecular formula is C12H7Br2N3O4. The minimum atomic E-state index is -1.19. The van der Waals surface area contributed by atoms with Gasteiger partial charge in [0.05, 0.1) is 11.3 Å². The number of nitrogens with one attached hydrogen (secondary N) is 2. The van der Waals surface area contributed by atoms with Crippen LogP contribution >= 0.6 is 31.9 Å². The average Bonchev–Trinajstić information content (AvgIpc) is 2.41. The van der Waals surface area contributed by atoms with Crippen LogP contribution in [0, 0.1) is 0 Å². The molecule has 1 aromatic heterocycles. The summed E-state index contributed by atoms with van der Waals surface area (Å²) in [6.45, 7) is 0. The Balaban J connectivity index is 2.39. The number of benzene rings is 1. The largest absolute Gasteiger partial charge is 0.478 e. The molecule has 0 radical (unpaired) electrons. The topological polar surface area (TPSA) is 112 Å². The van der Waals surface area contributed by atoms with E-state index in [1.165, 1.54) is 12.1 Å². The van der Waals surface area contributed by atoms with Gasteiger partial charge in [-0.3, -0.25) is 9.59 Å². The maximum atomic E-state index is 12.0. The third kappa shape index (κ3) is 3.56. The summed E-state index contributed by atoms with van der Waals surface area (Å²) in [5, 5.41) is 17.3. The number of amides is 1. The first-order chi connectivity index (χ1) is 9.88. The smallest absolute Gasteiger partial charge is 0.337 e. The van der Waals surface area contributed by atoms with Crippen molar-refractivity contribution in [2.24, 2.45) is 0 Å². The fraction of sp³-hybridized carbons (Fsp3) is 0. The van der Waals surface area contributed by atoms with E-state index in [1.54, 1.807) is 6.07 Å². The van der Waals surface area contributed by atoms with Gasteiger partial charge in [-0.2, -0.15) is 5.10 Å². The Labute approximate surface area is 134 Å². The van der Waals surface area contributed by atoms with Gasteiger partial charge in [-0.1, -0.05) is 15.9 Å². The quantitative estimate of drug-likeness (QED) is 0.710. The first-order valence-electron chi connectivity index (χ1n) is 5.48. The van der Waals surface area contributed by atoms with Gasteiger partial charge in [0.15, 0.2) is 0 Å². The summed E-state index contributed by atoms with van der Waals surface area (Å²) in [5.41, 5.74) is -0.471. The maximum Gasteiger partial charge on any atom is 0.337 e. The Hall–Kier alpha value is -2.00. The number of hydrogen-bond donors (Lipinski definition) is 3. The van der Waals surface area contributed by atoms with E-state index in [0.29, 0.717) is 8.95 Å². The molecule has 0 aliphatic heterocycles. The molecule has 2 aromatic rings. The summed E-state index contributed by atoms with van der Waals surface area (Å²) >= 11 is 6.37. The summed E-state index contributed by atoms with van der Waals surface area (Å²) in [6.07, 6.45) is 0. The monoisotopic (exact) mass is 415 g/mol. The third-order valence-electron chi connectivity index (χ3n) is 2.44. The molecule has 0 unspecified atom stereocenters. The van der Waals surface area contributed by atoms with Gasteiger partial charge in [-0.05, 0) is 34.1 Å². The molecule has 1 aromatic carbocycles. The van der Waals surface area contributed by atoms with Crippen LogP contribution in [-0.4, -0.2) is 27.2 Å². The van der Waals surface area contributed by atoms with Crippen molar-refractivity contribution in [2.75, 3.05) is 5.32 Å². The number of hydrogen-bond acceptors (Lipinski definition) is 4. The standard InChI is InChI=1S/C12H7Br2N3O4/c13-5-3-6(12(20)21)10(7(14)4-5)15-11(19)8-1-2-9(18)17-16-8/h1-4H,(H,15,19)(H,17,18)(H,20,21). The Morgan fingerprint density at radius 2 is 1.95 bits per heavy atom. The summed E-state index contributed by atoms with van der Waals surface area (Å²) in [4.78, 5) is 34.1. The molecule has 0 saturated heterocycles. The van der Waals surface area contributed by atoms with Gasteiger partial charge in [-0.15, -0.1) is 0 Å².